The van der Waals surface area contributed by atoms with Crippen LogP contribution in [-0.4, -0.2) is 30.6 Å². The number of nitrogens with one attached hydrogen (secondary N) is 1. The van der Waals surface area contributed by atoms with Crippen LogP contribution in [0, 0.1) is 11.6 Å². The van der Waals surface area contributed by atoms with Crippen molar-refractivity contribution in [3.8, 4) is 11.5 Å². The minimum Gasteiger partial charge on any atom is -0.493 e. The molecule has 1 heterocycles. The molecule has 0 bridgehead atoms. The minimum absolute atomic E-state index is 0.00165. The molecule has 2 aromatic carbocycles. The van der Waals surface area contributed by atoms with Gasteiger partial charge in [-0.1, -0.05) is 12.1 Å². The van der Waals surface area contributed by atoms with Gasteiger partial charge in [-0.05, 0) is 42.3 Å². The lowest BCUT2D eigenvalue weighted by Gasteiger charge is -2.22. The maximum Gasteiger partial charge on any atom is 0.387 e. The lowest BCUT2D eigenvalue weighted by atomic mass is 9.92. The molecule has 1 N–H and O–H groups in total. The number of halogens is 4. The summed E-state index contributed by atoms with van der Waals surface area (Å²) in [5.74, 6) is -3.11. The first-order valence-corrected chi connectivity index (χ1v) is 8.37. The predicted octanol–water partition coefficient (Wildman–Crippen LogP) is 3.54. The summed E-state index contributed by atoms with van der Waals surface area (Å²) in [6.07, 6.45) is 0. The summed E-state index contributed by atoms with van der Waals surface area (Å²) >= 11 is 0. The maximum atomic E-state index is 13.6. The van der Waals surface area contributed by atoms with E-state index in [9.17, 15) is 27.2 Å². The second-order valence-electron chi connectivity index (χ2n) is 6.44. The van der Waals surface area contributed by atoms with Crippen molar-refractivity contribution in [2.75, 3.05) is 7.11 Å². The number of benzene rings is 2. The van der Waals surface area contributed by atoms with Crippen molar-refractivity contribution >= 4 is 11.9 Å². The molecule has 0 unspecified atom stereocenters. The van der Waals surface area contributed by atoms with Crippen LogP contribution in [0.5, 0.6) is 11.5 Å². The Morgan fingerprint density at radius 2 is 1.79 bits per heavy atom. The molecule has 154 valence electrons. The second-order valence-corrected chi connectivity index (χ2v) is 6.44. The molecule has 1 aliphatic heterocycles. The molecular formula is C19H16F4N2O4. The smallest absolute Gasteiger partial charge is 0.387 e. The SMILES string of the molecule is COc1cc(CN2C(=O)N[C@](C)(c3ccc(F)c(F)c3)C2=O)ccc1OC(F)F. The fraction of sp³-hybridized carbons (Fsp3) is 0.263. The van der Waals surface area contributed by atoms with Crippen molar-refractivity contribution in [3.05, 3.63) is 59.2 Å². The molecule has 1 fully saturated rings. The summed E-state index contributed by atoms with van der Waals surface area (Å²) in [6, 6.07) is 6.15. The van der Waals surface area contributed by atoms with E-state index in [0.717, 1.165) is 17.0 Å². The van der Waals surface area contributed by atoms with E-state index >= 15 is 0 Å². The van der Waals surface area contributed by atoms with Crippen LogP contribution < -0.4 is 14.8 Å². The molecule has 6 nitrogen and oxygen atoms in total. The molecule has 0 radical (unpaired) electrons. The summed E-state index contributed by atoms with van der Waals surface area (Å²) in [7, 11) is 1.26. The van der Waals surface area contributed by atoms with Gasteiger partial charge >= 0.3 is 12.6 Å². The van der Waals surface area contributed by atoms with E-state index in [2.05, 4.69) is 10.1 Å². The Bertz CT molecular complexity index is 969. The van der Waals surface area contributed by atoms with Crippen molar-refractivity contribution in [1.82, 2.24) is 10.2 Å². The maximum absolute atomic E-state index is 13.6. The van der Waals surface area contributed by atoms with Gasteiger partial charge in [0.05, 0.1) is 13.7 Å². The van der Waals surface area contributed by atoms with Gasteiger partial charge in [0.2, 0.25) is 0 Å². The quantitative estimate of drug-likeness (QED) is 0.582. The Hall–Kier alpha value is -3.30. The molecule has 0 spiro atoms. The number of methoxy groups -OCH3 is 1. The summed E-state index contributed by atoms with van der Waals surface area (Å²) < 4.78 is 61.0. The number of hydrogen-bond acceptors (Lipinski definition) is 4. The Balaban J connectivity index is 1.86. The van der Waals surface area contributed by atoms with Crippen LogP contribution in [-0.2, 0) is 16.9 Å². The van der Waals surface area contributed by atoms with Crippen LogP contribution in [0.15, 0.2) is 36.4 Å². The summed E-state index contributed by atoms with van der Waals surface area (Å²) in [5.41, 5.74) is -1.11. The van der Waals surface area contributed by atoms with Gasteiger partial charge in [-0.15, -0.1) is 0 Å². The Morgan fingerprint density at radius 1 is 1.07 bits per heavy atom. The van der Waals surface area contributed by atoms with Gasteiger partial charge in [-0.3, -0.25) is 9.69 Å². The molecule has 1 atom stereocenters. The molecule has 3 rings (SSSR count). The molecule has 1 saturated heterocycles. The van der Waals surface area contributed by atoms with Crippen molar-refractivity contribution in [3.63, 3.8) is 0 Å². The number of alkyl halides is 2. The van der Waals surface area contributed by atoms with Gasteiger partial charge in [-0.25, -0.2) is 13.6 Å². The van der Waals surface area contributed by atoms with E-state index in [4.69, 9.17) is 4.74 Å². The standard InChI is InChI=1S/C19H16F4N2O4/c1-19(11-4-5-12(20)13(21)8-11)16(26)25(18(27)24-19)9-10-3-6-14(29-17(22)23)15(7-10)28-2/h3-8,17H,9H2,1-2H3,(H,24,27)/t19-/m1/s1. The van der Waals surface area contributed by atoms with Gasteiger partial charge in [0.15, 0.2) is 23.1 Å². The first kappa shape index (κ1) is 20.4. The Morgan fingerprint density at radius 3 is 2.41 bits per heavy atom. The molecule has 1 aliphatic rings. The van der Waals surface area contributed by atoms with Gasteiger partial charge in [0.1, 0.15) is 5.54 Å². The van der Waals surface area contributed by atoms with Crippen molar-refractivity contribution in [2.45, 2.75) is 25.6 Å². The highest BCUT2D eigenvalue weighted by Gasteiger charge is 2.49. The summed E-state index contributed by atoms with van der Waals surface area (Å²) in [6.45, 7) is -1.87. The minimum atomic E-state index is -3.04. The fourth-order valence-electron chi connectivity index (χ4n) is 3.03. The van der Waals surface area contributed by atoms with Crippen molar-refractivity contribution < 1.29 is 36.6 Å². The molecule has 3 amide bonds. The number of hydrogen-bond donors (Lipinski definition) is 1. The number of carbonyl (C=O) groups excluding carboxylic acids is 2. The van der Waals surface area contributed by atoms with Crippen LogP contribution in [0.25, 0.3) is 0 Å². The predicted molar refractivity (Wildman–Crippen MR) is 92.4 cm³/mol. The number of rotatable bonds is 6. The van der Waals surface area contributed by atoms with Crippen molar-refractivity contribution in [2.24, 2.45) is 0 Å². The van der Waals surface area contributed by atoms with E-state index in [0.29, 0.717) is 5.56 Å². The van der Waals surface area contributed by atoms with E-state index in [-0.39, 0.29) is 23.6 Å². The summed E-state index contributed by atoms with van der Waals surface area (Å²) in [5, 5.41) is 2.47. The topological polar surface area (TPSA) is 67.9 Å². The third-order valence-electron chi connectivity index (χ3n) is 4.56. The van der Waals surface area contributed by atoms with E-state index in [1.165, 1.54) is 38.3 Å². The van der Waals surface area contributed by atoms with E-state index < -0.39 is 35.7 Å². The molecule has 0 aromatic heterocycles. The van der Waals surface area contributed by atoms with Gasteiger partial charge in [0.25, 0.3) is 5.91 Å². The van der Waals surface area contributed by atoms with E-state index in [1.807, 2.05) is 0 Å². The molecule has 10 heteroatoms. The van der Waals surface area contributed by atoms with Gasteiger partial charge in [-0.2, -0.15) is 8.78 Å². The molecule has 0 saturated carbocycles. The number of carbonyl (C=O) groups is 2. The largest absolute Gasteiger partial charge is 0.493 e. The Kier molecular flexibility index (Phi) is 5.36. The van der Waals surface area contributed by atoms with Crippen LogP contribution in [0.4, 0.5) is 22.4 Å². The van der Waals surface area contributed by atoms with Gasteiger partial charge in [0, 0.05) is 0 Å². The zero-order valence-electron chi connectivity index (χ0n) is 15.3. The first-order valence-electron chi connectivity index (χ1n) is 8.37. The van der Waals surface area contributed by atoms with Crippen molar-refractivity contribution in [1.29, 1.82) is 0 Å². The van der Waals surface area contributed by atoms with Crippen LogP contribution in [0.3, 0.4) is 0 Å². The van der Waals surface area contributed by atoms with Crippen LogP contribution >= 0.6 is 0 Å². The third kappa shape index (κ3) is 3.82. The molecule has 2 aromatic rings. The average molecular weight is 412 g/mol. The molecule has 0 aliphatic carbocycles. The highest BCUT2D eigenvalue weighted by Crippen LogP contribution is 2.33. The second kappa shape index (κ2) is 7.61. The molecule has 29 heavy (non-hydrogen) atoms. The van der Waals surface area contributed by atoms with Crippen LogP contribution in [0.2, 0.25) is 0 Å². The monoisotopic (exact) mass is 412 g/mol. The van der Waals surface area contributed by atoms with E-state index in [1.54, 1.807) is 0 Å². The fourth-order valence-corrected chi connectivity index (χ4v) is 3.03. The van der Waals surface area contributed by atoms with Gasteiger partial charge < -0.3 is 14.8 Å². The van der Waals surface area contributed by atoms with Crippen LogP contribution in [0.1, 0.15) is 18.1 Å². The number of nitrogens with zero attached hydrogens (tertiary/aromatic N) is 1. The number of urea groups is 1. The first-order chi connectivity index (χ1) is 13.7. The average Bonchev–Trinajstić information content (AvgIpc) is 2.88. The molecular weight excluding hydrogens is 396 g/mol. The lowest BCUT2D eigenvalue weighted by molar-refractivity contribution is -0.131. The normalized spacial score (nSPS) is 18.9. The number of imide groups is 1. The zero-order chi connectivity index (χ0) is 21.3. The third-order valence-corrected chi connectivity index (χ3v) is 4.56. The summed E-state index contributed by atoms with van der Waals surface area (Å²) in [4.78, 5) is 26.1. The highest BCUT2D eigenvalue weighted by molar-refractivity contribution is 6.07. The Labute approximate surface area is 163 Å². The zero-order valence-corrected chi connectivity index (χ0v) is 15.3. The number of amides is 3. The highest BCUT2D eigenvalue weighted by atomic mass is 19.3. The number of ether oxygens (including phenoxy) is 2. The lowest BCUT2D eigenvalue weighted by Crippen LogP contribution is -2.41.